The molecule has 0 N–H and O–H groups in total. The number of hydrogen-bond donors (Lipinski definition) is 0. The van der Waals surface area contributed by atoms with Gasteiger partial charge in [0.15, 0.2) is 0 Å². The van der Waals surface area contributed by atoms with Gasteiger partial charge in [-0.15, -0.1) is 11.3 Å². The average Bonchev–Trinajstić information content (AvgIpc) is 3.19. The van der Waals surface area contributed by atoms with Crippen LogP contribution in [0, 0.1) is 0 Å². The lowest BCUT2D eigenvalue weighted by molar-refractivity contribution is 0.303. The van der Waals surface area contributed by atoms with Gasteiger partial charge in [-0.3, -0.25) is 0 Å². The summed E-state index contributed by atoms with van der Waals surface area (Å²) in [5, 5.41) is 1.81. The van der Waals surface area contributed by atoms with Crippen LogP contribution in [0.5, 0.6) is 0 Å². The smallest absolute Gasteiger partial charge is 0.252 e. The minimum atomic E-state index is -3.36. The van der Waals surface area contributed by atoms with Gasteiger partial charge in [-0.25, -0.2) is 13.4 Å². The van der Waals surface area contributed by atoms with Crippen LogP contribution >= 0.6 is 11.3 Å². The molecule has 0 unspecified atom stereocenters. The van der Waals surface area contributed by atoms with E-state index < -0.39 is 10.0 Å². The highest BCUT2D eigenvalue weighted by atomic mass is 32.2. The second-order valence-electron chi connectivity index (χ2n) is 5.92. The number of rotatable bonds is 4. The van der Waals surface area contributed by atoms with Gasteiger partial charge < -0.3 is 4.57 Å². The molecule has 2 aromatic heterocycles. The summed E-state index contributed by atoms with van der Waals surface area (Å²) in [7, 11) is -3.36. The molecule has 3 heterocycles. The fraction of sp³-hybridized carbons (Fsp3) is 0.533. The van der Waals surface area contributed by atoms with Crippen molar-refractivity contribution < 1.29 is 8.42 Å². The highest BCUT2D eigenvalue weighted by Gasteiger charge is 2.33. The van der Waals surface area contributed by atoms with Crippen molar-refractivity contribution in [3.63, 3.8) is 0 Å². The fourth-order valence-corrected chi connectivity index (χ4v) is 5.65. The molecular weight excluding hydrogens is 318 g/mol. The van der Waals surface area contributed by atoms with Crippen LogP contribution in [0.3, 0.4) is 0 Å². The van der Waals surface area contributed by atoms with Crippen molar-refractivity contribution in [1.82, 2.24) is 13.9 Å². The molecule has 0 aromatic carbocycles. The molecule has 1 aliphatic rings. The van der Waals surface area contributed by atoms with Gasteiger partial charge in [-0.05, 0) is 38.1 Å². The first kappa shape index (κ1) is 15.7. The van der Waals surface area contributed by atoms with Gasteiger partial charge in [-0.2, -0.15) is 4.31 Å². The number of sulfonamides is 1. The number of piperidine rings is 1. The highest BCUT2D eigenvalue weighted by molar-refractivity contribution is 7.91. The Bertz CT molecular complexity index is 720. The topological polar surface area (TPSA) is 55.2 Å². The van der Waals surface area contributed by atoms with E-state index >= 15 is 0 Å². The molecule has 0 amide bonds. The molecule has 0 saturated carbocycles. The SMILES string of the molecule is CC(C)n1ccnc1[C@@H]1CCCN(S(=O)(=O)c2cccs2)C1. The minimum absolute atomic E-state index is 0.167. The monoisotopic (exact) mass is 339 g/mol. The predicted octanol–water partition coefficient (Wildman–Crippen LogP) is 3.09. The third-order valence-corrected chi connectivity index (χ3v) is 7.33. The first-order valence-corrected chi connectivity index (χ1v) is 9.88. The zero-order chi connectivity index (χ0) is 15.7. The molecule has 120 valence electrons. The van der Waals surface area contributed by atoms with Crippen molar-refractivity contribution in [3.05, 3.63) is 35.7 Å². The molecule has 0 bridgehead atoms. The molecule has 0 spiro atoms. The van der Waals surface area contributed by atoms with Gasteiger partial charge in [-0.1, -0.05) is 6.07 Å². The Morgan fingerprint density at radius 2 is 2.23 bits per heavy atom. The summed E-state index contributed by atoms with van der Waals surface area (Å²) in [6.07, 6.45) is 5.65. The Kier molecular flexibility index (Phi) is 4.38. The summed E-state index contributed by atoms with van der Waals surface area (Å²) < 4.78 is 29.6. The Morgan fingerprint density at radius 3 is 2.91 bits per heavy atom. The summed E-state index contributed by atoms with van der Waals surface area (Å²) in [6.45, 7) is 5.35. The lowest BCUT2D eigenvalue weighted by Gasteiger charge is -2.32. The molecule has 0 radical (unpaired) electrons. The summed E-state index contributed by atoms with van der Waals surface area (Å²) in [4.78, 5) is 4.48. The third kappa shape index (κ3) is 2.85. The van der Waals surface area contributed by atoms with Crippen LogP contribution in [-0.2, 0) is 10.0 Å². The second-order valence-corrected chi connectivity index (χ2v) is 9.03. The van der Waals surface area contributed by atoms with Crippen LogP contribution in [0.1, 0.15) is 44.5 Å². The lowest BCUT2D eigenvalue weighted by Crippen LogP contribution is -2.39. The summed E-state index contributed by atoms with van der Waals surface area (Å²) in [6, 6.07) is 3.80. The first-order valence-electron chi connectivity index (χ1n) is 7.56. The zero-order valence-electron chi connectivity index (χ0n) is 12.8. The van der Waals surface area contributed by atoms with E-state index in [1.807, 2.05) is 12.4 Å². The largest absolute Gasteiger partial charge is 0.332 e. The van der Waals surface area contributed by atoms with Gasteiger partial charge >= 0.3 is 0 Å². The molecule has 3 rings (SSSR count). The summed E-state index contributed by atoms with van der Waals surface area (Å²) in [5.41, 5.74) is 0. The highest BCUT2D eigenvalue weighted by Crippen LogP contribution is 2.31. The minimum Gasteiger partial charge on any atom is -0.332 e. The predicted molar refractivity (Wildman–Crippen MR) is 87.7 cm³/mol. The third-order valence-electron chi connectivity index (χ3n) is 4.09. The standard InChI is InChI=1S/C15H21N3O2S2/c1-12(2)18-9-7-16-15(18)13-5-3-8-17(11-13)22(19,20)14-6-4-10-21-14/h4,6-7,9-10,12-13H,3,5,8,11H2,1-2H3/t13-/m1/s1. The van der Waals surface area contributed by atoms with E-state index in [-0.39, 0.29) is 5.92 Å². The van der Waals surface area contributed by atoms with Gasteiger partial charge in [0.05, 0.1) is 0 Å². The molecule has 1 saturated heterocycles. The molecule has 22 heavy (non-hydrogen) atoms. The van der Waals surface area contributed by atoms with E-state index in [2.05, 4.69) is 23.4 Å². The van der Waals surface area contributed by atoms with E-state index in [1.54, 1.807) is 21.8 Å². The zero-order valence-corrected chi connectivity index (χ0v) is 14.5. The number of hydrogen-bond acceptors (Lipinski definition) is 4. The summed E-state index contributed by atoms with van der Waals surface area (Å²) >= 11 is 1.28. The fourth-order valence-electron chi connectivity index (χ4n) is 2.99. The average molecular weight is 339 g/mol. The van der Waals surface area contributed by atoms with Crippen LogP contribution in [-0.4, -0.2) is 35.4 Å². The van der Waals surface area contributed by atoms with Crippen molar-refractivity contribution >= 4 is 21.4 Å². The van der Waals surface area contributed by atoms with Gasteiger partial charge in [0.1, 0.15) is 10.0 Å². The van der Waals surface area contributed by atoms with Crippen molar-refractivity contribution in [1.29, 1.82) is 0 Å². The number of aromatic nitrogens is 2. The normalized spacial score (nSPS) is 20.6. The number of imidazole rings is 1. The van der Waals surface area contributed by atoms with Crippen molar-refractivity contribution in [2.24, 2.45) is 0 Å². The van der Waals surface area contributed by atoms with Crippen LogP contribution in [0.4, 0.5) is 0 Å². The molecule has 5 nitrogen and oxygen atoms in total. The van der Waals surface area contributed by atoms with Gasteiger partial charge in [0.25, 0.3) is 10.0 Å². The van der Waals surface area contributed by atoms with Crippen molar-refractivity contribution in [3.8, 4) is 0 Å². The Morgan fingerprint density at radius 1 is 1.41 bits per heavy atom. The van der Waals surface area contributed by atoms with E-state index in [9.17, 15) is 8.42 Å². The molecule has 7 heteroatoms. The quantitative estimate of drug-likeness (QED) is 0.860. The van der Waals surface area contributed by atoms with Gasteiger partial charge in [0, 0.05) is 37.4 Å². The molecule has 1 atom stereocenters. The number of thiophene rings is 1. The maximum absolute atomic E-state index is 12.7. The van der Waals surface area contributed by atoms with E-state index in [0.29, 0.717) is 23.3 Å². The molecule has 2 aromatic rings. The summed E-state index contributed by atoms with van der Waals surface area (Å²) in [5.74, 6) is 1.17. The van der Waals surface area contributed by atoms with E-state index in [0.717, 1.165) is 18.7 Å². The second kappa shape index (κ2) is 6.14. The maximum atomic E-state index is 12.7. The molecule has 0 aliphatic carbocycles. The van der Waals surface area contributed by atoms with Crippen molar-refractivity contribution in [2.45, 2.75) is 42.9 Å². The van der Waals surface area contributed by atoms with Gasteiger partial charge in [0.2, 0.25) is 0 Å². The molecule has 1 aliphatic heterocycles. The number of nitrogens with zero attached hydrogens (tertiary/aromatic N) is 3. The van der Waals surface area contributed by atoms with Crippen LogP contribution in [0.15, 0.2) is 34.1 Å². The first-order chi connectivity index (χ1) is 10.5. The molecule has 1 fully saturated rings. The molecular formula is C15H21N3O2S2. The Labute approximate surface area is 135 Å². The van der Waals surface area contributed by atoms with E-state index in [1.165, 1.54) is 11.3 Å². The van der Waals surface area contributed by atoms with Crippen LogP contribution in [0.2, 0.25) is 0 Å². The van der Waals surface area contributed by atoms with Crippen LogP contribution < -0.4 is 0 Å². The Balaban J connectivity index is 1.84. The lowest BCUT2D eigenvalue weighted by atomic mass is 9.98. The maximum Gasteiger partial charge on any atom is 0.252 e. The van der Waals surface area contributed by atoms with Crippen LogP contribution in [0.25, 0.3) is 0 Å². The van der Waals surface area contributed by atoms with Crippen molar-refractivity contribution in [2.75, 3.05) is 13.1 Å². The van der Waals surface area contributed by atoms with E-state index in [4.69, 9.17) is 0 Å². The Hall–Kier alpha value is -1.18.